The molecule has 0 aliphatic heterocycles. The minimum atomic E-state index is -0.347. The highest BCUT2D eigenvalue weighted by molar-refractivity contribution is 6.34. The first kappa shape index (κ1) is 9.67. The lowest BCUT2D eigenvalue weighted by Crippen LogP contribution is -2.25. The largest absolute Gasteiger partial charge is 0.397 e. The molecule has 1 aromatic rings. The van der Waals surface area contributed by atoms with Crippen LogP contribution < -0.4 is 16.4 Å². The Morgan fingerprint density at radius 1 is 1.54 bits per heavy atom. The van der Waals surface area contributed by atoms with Crippen LogP contribution in [0.4, 0.5) is 16.2 Å². The van der Waals surface area contributed by atoms with Crippen molar-refractivity contribution in [2.24, 2.45) is 0 Å². The second-order valence-corrected chi connectivity index (χ2v) is 2.82. The van der Waals surface area contributed by atoms with Crippen LogP contribution >= 0.6 is 11.6 Å². The van der Waals surface area contributed by atoms with E-state index in [-0.39, 0.29) is 6.03 Å². The fourth-order valence-electron chi connectivity index (χ4n) is 0.849. The van der Waals surface area contributed by atoms with Gasteiger partial charge in [0.25, 0.3) is 0 Å². The minimum Gasteiger partial charge on any atom is -0.397 e. The third kappa shape index (κ3) is 2.26. The molecule has 4 nitrogen and oxygen atoms in total. The maximum absolute atomic E-state index is 10.9. The maximum atomic E-state index is 10.9. The Labute approximate surface area is 81.1 Å². The molecule has 13 heavy (non-hydrogen) atoms. The number of urea groups is 1. The van der Waals surface area contributed by atoms with Crippen molar-refractivity contribution in [1.29, 1.82) is 0 Å². The van der Waals surface area contributed by atoms with E-state index in [0.29, 0.717) is 16.4 Å². The van der Waals surface area contributed by atoms with E-state index in [2.05, 4.69) is 10.6 Å². The third-order valence-corrected chi connectivity index (χ3v) is 1.83. The molecule has 0 bridgehead atoms. The second kappa shape index (κ2) is 4.00. The maximum Gasteiger partial charge on any atom is 0.319 e. The van der Waals surface area contributed by atoms with Crippen molar-refractivity contribution < 1.29 is 4.79 Å². The molecule has 0 unspecified atom stereocenters. The highest BCUT2D eigenvalue weighted by Gasteiger charge is 2.06. The van der Waals surface area contributed by atoms with Crippen LogP contribution in [-0.4, -0.2) is 13.1 Å². The number of anilines is 2. The molecule has 5 heteroatoms. The summed E-state index contributed by atoms with van der Waals surface area (Å²) in [7, 11) is 1.52. The predicted molar refractivity (Wildman–Crippen MR) is 53.9 cm³/mol. The zero-order chi connectivity index (χ0) is 9.84. The summed E-state index contributed by atoms with van der Waals surface area (Å²) in [6.45, 7) is 0. The number of nitrogen functional groups attached to an aromatic ring is 1. The molecule has 0 fully saturated rings. The SMILES string of the molecule is CNC(=O)Nc1c(N)cccc1Cl. The number of amides is 2. The standard InChI is InChI=1S/C8H10ClN3O/c1-11-8(13)12-7-5(9)3-2-4-6(7)10/h2-4H,10H2,1H3,(H2,11,12,13). The highest BCUT2D eigenvalue weighted by atomic mass is 35.5. The molecule has 0 atom stereocenters. The summed E-state index contributed by atoms with van der Waals surface area (Å²) >= 11 is 5.81. The third-order valence-electron chi connectivity index (χ3n) is 1.51. The van der Waals surface area contributed by atoms with E-state index in [1.165, 1.54) is 7.05 Å². The van der Waals surface area contributed by atoms with Gasteiger partial charge in [-0.1, -0.05) is 17.7 Å². The molecule has 0 aliphatic carbocycles. The van der Waals surface area contributed by atoms with E-state index < -0.39 is 0 Å². The first-order valence-electron chi connectivity index (χ1n) is 3.68. The van der Waals surface area contributed by atoms with Crippen molar-refractivity contribution >= 4 is 29.0 Å². The van der Waals surface area contributed by atoms with Gasteiger partial charge in [0.05, 0.1) is 16.4 Å². The van der Waals surface area contributed by atoms with Gasteiger partial charge in [-0.05, 0) is 12.1 Å². The number of hydrogen-bond donors (Lipinski definition) is 3. The van der Waals surface area contributed by atoms with Crippen molar-refractivity contribution in [3.63, 3.8) is 0 Å². The van der Waals surface area contributed by atoms with E-state index in [1.807, 2.05) is 0 Å². The van der Waals surface area contributed by atoms with Gasteiger partial charge >= 0.3 is 6.03 Å². The van der Waals surface area contributed by atoms with Crippen LogP contribution in [0.3, 0.4) is 0 Å². The van der Waals surface area contributed by atoms with E-state index >= 15 is 0 Å². The Morgan fingerprint density at radius 2 is 2.23 bits per heavy atom. The number of carbonyl (C=O) groups excluding carboxylic acids is 1. The van der Waals surface area contributed by atoms with Gasteiger partial charge in [0.1, 0.15) is 0 Å². The summed E-state index contributed by atoms with van der Waals surface area (Å²) in [6.07, 6.45) is 0. The molecular formula is C8H10ClN3O. The molecule has 0 spiro atoms. The average molecular weight is 200 g/mol. The molecule has 0 heterocycles. The summed E-state index contributed by atoms with van der Waals surface area (Å²) in [4.78, 5) is 10.9. The normalized spacial score (nSPS) is 9.38. The van der Waals surface area contributed by atoms with Crippen molar-refractivity contribution in [1.82, 2.24) is 5.32 Å². The minimum absolute atomic E-state index is 0.347. The van der Waals surface area contributed by atoms with Crippen molar-refractivity contribution in [2.45, 2.75) is 0 Å². The first-order chi connectivity index (χ1) is 6.15. The number of rotatable bonds is 1. The number of halogens is 1. The average Bonchev–Trinajstić information content (AvgIpc) is 2.11. The van der Waals surface area contributed by atoms with E-state index in [4.69, 9.17) is 17.3 Å². The Morgan fingerprint density at radius 3 is 2.77 bits per heavy atom. The topological polar surface area (TPSA) is 67.2 Å². The highest BCUT2D eigenvalue weighted by Crippen LogP contribution is 2.27. The smallest absolute Gasteiger partial charge is 0.319 e. The van der Waals surface area contributed by atoms with Gasteiger partial charge in [0.2, 0.25) is 0 Å². The fraction of sp³-hybridized carbons (Fsp3) is 0.125. The molecule has 4 N–H and O–H groups in total. The molecule has 1 rings (SSSR count). The molecular weight excluding hydrogens is 190 g/mol. The molecule has 0 radical (unpaired) electrons. The summed E-state index contributed by atoms with van der Waals surface area (Å²) in [5, 5.41) is 5.34. The Hall–Kier alpha value is -1.42. The van der Waals surface area contributed by atoms with Crippen LogP contribution in [-0.2, 0) is 0 Å². The molecule has 1 aromatic carbocycles. The fourth-order valence-corrected chi connectivity index (χ4v) is 1.08. The lowest BCUT2D eigenvalue weighted by atomic mass is 10.3. The van der Waals surface area contributed by atoms with Crippen LogP contribution in [0, 0.1) is 0 Å². The molecule has 70 valence electrons. The lowest BCUT2D eigenvalue weighted by molar-refractivity contribution is 0.254. The molecule has 2 amide bonds. The number of hydrogen-bond acceptors (Lipinski definition) is 2. The summed E-state index contributed by atoms with van der Waals surface area (Å²) in [6, 6.07) is 4.69. The van der Waals surface area contributed by atoms with Gasteiger partial charge in [-0.2, -0.15) is 0 Å². The van der Waals surface area contributed by atoms with Crippen LogP contribution in [0.1, 0.15) is 0 Å². The number of nitrogens with two attached hydrogens (primary N) is 1. The Kier molecular flexibility index (Phi) is 2.97. The van der Waals surface area contributed by atoms with Gasteiger partial charge < -0.3 is 16.4 Å². The van der Waals surface area contributed by atoms with Gasteiger partial charge in [0, 0.05) is 7.05 Å². The van der Waals surface area contributed by atoms with Gasteiger partial charge in [-0.25, -0.2) is 4.79 Å². The van der Waals surface area contributed by atoms with Crippen LogP contribution in [0.15, 0.2) is 18.2 Å². The van der Waals surface area contributed by atoms with Gasteiger partial charge in [-0.15, -0.1) is 0 Å². The number of nitrogens with one attached hydrogen (secondary N) is 2. The van der Waals surface area contributed by atoms with E-state index in [9.17, 15) is 4.79 Å². The number of benzene rings is 1. The van der Waals surface area contributed by atoms with Crippen LogP contribution in [0.5, 0.6) is 0 Å². The zero-order valence-electron chi connectivity index (χ0n) is 7.10. The van der Waals surface area contributed by atoms with Crippen molar-refractivity contribution in [3.05, 3.63) is 23.2 Å². The number of carbonyl (C=O) groups is 1. The Balaban J connectivity index is 2.93. The van der Waals surface area contributed by atoms with Crippen LogP contribution in [0.2, 0.25) is 5.02 Å². The Bertz CT molecular complexity index is 307. The quantitative estimate of drug-likeness (QED) is 0.603. The van der Waals surface area contributed by atoms with Gasteiger partial charge in [-0.3, -0.25) is 0 Å². The molecule has 0 saturated carbocycles. The number of para-hydroxylation sites is 1. The lowest BCUT2D eigenvalue weighted by Gasteiger charge is -2.08. The first-order valence-corrected chi connectivity index (χ1v) is 4.05. The van der Waals surface area contributed by atoms with Crippen molar-refractivity contribution in [3.8, 4) is 0 Å². The molecule has 0 saturated heterocycles. The predicted octanol–water partition coefficient (Wildman–Crippen LogP) is 1.67. The summed E-state index contributed by atoms with van der Waals surface area (Å²) in [5.41, 5.74) is 6.47. The molecule has 0 aliphatic rings. The monoisotopic (exact) mass is 199 g/mol. The van der Waals surface area contributed by atoms with E-state index in [0.717, 1.165) is 0 Å². The summed E-state index contributed by atoms with van der Waals surface area (Å²) in [5.74, 6) is 0. The van der Waals surface area contributed by atoms with Crippen LogP contribution in [0.25, 0.3) is 0 Å². The van der Waals surface area contributed by atoms with E-state index in [1.54, 1.807) is 18.2 Å². The van der Waals surface area contributed by atoms with Gasteiger partial charge in [0.15, 0.2) is 0 Å². The zero-order valence-corrected chi connectivity index (χ0v) is 7.85. The van der Waals surface area contributed by atoms with Crippen molar-refractivity contribution in [2.75, 3.05) is 18.1 Å². The second-order valence-electron chi connectivity index (χ2n) is 2.41. The molecule has 0 aromatic heterocycles. The summed E-state index contributed by atoms with van der Waals surface area (Å²) < 4.78 is 0.